The molecule has 1 saturated heterocycles. The minimum Gasteiger partial charge on any atom is -0.289 e. The molecule has 1 aliphatic heterocycles. The molecular formula is C16H17N5. The van der Waals surface area contributed by atoms with E-state index in [-0.39, 0.29) is 0 Å². The van der Waals surface area contributed by atoms with E-state index in [0.717, 1.165) is 29.8 Å². The van der Waals surface area contributed by atoms with Gasteiger partial charge >= 0.3 is 0 Å². The van der Waals surface area contributed by atoms with Crippen molar-refractivity contribution in [1.82, 2.24) is 25.1 Å². The first-order chi connectivity index (χ1) is 10.4. The molecule has 1 N–H and O–H groups in total. The van der Waals surface area contributed by atoms with Crippen LogP contribution in [0.1, 0.15) is 30.3 Å². The van der Waals surface area contributed by atoms with Crippen LogP contribution in [-0.2, 0) is 6.54 Å². The molecule has 1 aromatic carbocycles. The molecule has 0 bridgehead atoms. The Bertz CT molecular complexity index is 737. The minimum absolute atomic E-state index is 0.417. The molecule has 0 saturated carbocycles. The van der Waals surface area contributed by atoms with Crippen LogP contribution in [0, 0.1) is 0 Å². The fourth-order valence-electron chi connectivity index (χ4n) is 3.10. The smallest absolute Gasteiger partial charge is 0.0890 e. The summed E-state index contributed by atoms with van der Waals surface area (Å²) in [5.41, 5.74) is 4.14. The molecule has 21 heavy (non-hydrogen) atoms. The Morgan fingerprint density at radius 2 is 2.10 bits per heavy atom. The zero-order valence-corrected chi connectivity index (χ0v) is 11.7. The maximum absolute atomic E-state index is 4.72. The van der Waals surface area contributed by atoms with Crippen molar-refractivity contribution in [2.75, 3.05) is 6.54 Å². The number of hydrogen-bond donors (Lipinski definition) is 1. The maximum atomic E-state index is 4.72. The molecule has 1 fully saturated rings. The number of aromatic nitrogens is 4. The highest BCUT2D eigenvalue weighted by Gasteiger charge is 2.27. The Morgan fingerprint density at radius 3 is 2.95 bits per heavy atom. The third-order valence-electron chi connectivity index (χ3n) is 4.11. The summed E-state index contributed by atoms with van der Waals surface area (Å²) in [4.78, 5) is 11.7. The van der Waals surface area contributed by atoms with Crippen LogP contribution in [0.5, 0.6) is 0 Å². The lowest BCUT2D eigenvalue weighted by molar-refractivity contribution is 0.241. The van der Waals surface area contributed by atoms with Crippen molar-refractivity contribution in [3.05, 3.63) is 54.1 Å². The van der Waals surface area contributed by atoms with Crippen LogP contribution in [0.2, 0.25) is 0 Å². The van der Waals surface area contributed by atoms with Gasteiger partial charge in [-0.25, -0.2) is 4.98 Å². The number of aromatic amines is 1. The molecule has 106 valence electrons. The summed E-state index contributed by atoms with van der Waals surface area (Å²) in [6.07, 6.45) is 6.10. The van der Waals surface area contributed by atoms with Crippen molar-refractivity contribution in [3.63, 3.8) is 0 Å². The molecule has 0 unspecified atom stereocenters. The van der Waals surface area contributed by atoms with E-state index in [0.29, 0.717) is 6.04 Å². The van der Waals surface area contributed by atoms with Crippen molar-refractivity contribution in [2.24, 2.45) is 0 Å². The number of likely N-dealkylation sites (tertiary alicyclic amines) is 1. The Labute approximate surface area is 123 Å². The van der Waals surface area contributed by atoms with Crippen LogP contribution in [0.15, 0.2) is 42.7 Å². The van der Waals surface area contributed by atoms with Gasteiger partial charge in [-0.3, -0.25) is 15.0 Å². The standard InChI is InChI=1S/C16H17N5/c1-2-5-14-13(4-1)17-10-12(19-14)11-21-9-3-6-16(21)15-7-8-18-20-15/h1-2,4-5,7-8,10,16H,3,6,9,11H2,(H,18,20)/t16-/m0/s1. The van der Waals surface area contributed by atoms with E-state index in [9.17, 15) is 0 Å². The number of fused-ring (bicyclic) bond motifs is 1. The quantitative estimate of drug-likeness (QED) is 0.801. The lowest BCUT2D eigenvalue weighted by atomic mass is 10.1. The van der Waals surface area contributed by atoms with E-state index in [1.54, 1.807) is 0 Å². The lowest BCUT2D eigenvalue weighted by Crippen LogP contribution is -2.23. The second kappa shape index (κ2) is 5.26. The zero-order chi connectivity index (χ0) is 14.1. The topological polar surface area (TPSA) is 57.7 Å². The Hall–Kier alpha value is -2.27. The summed E-state index contributed by atoms with van der Waals surface area (Å²) in [5.74, 6) is 0. The van der Waals surface area contributed by atoms with E-state index in [4.69, 9.17) is 4.98 Å². The molecule has 5 nitrogen and oxygen atoms in total. The van der Waals surface area contributed by atoms with Crippen molar-refractivity contribution in [2.45, 2.75) is 25.4 Å². The average molecular weight is 279 g/mol. The number of rotatable bonds is 3. The summed E-state index contributed by atoms with van der Waals surface area (Å²) in [6, 6.07) is 10.5. The van der Waals surface area contributed by atoms with E-state index < -0.39 is 0 Å². The summed E-state index contributed by atoms with van der Waals surface area (Å²) in [7, 11) is 0. The molecule has 2 aromatic heterocycles. The molecule has 4 rings (SSSR count). The number of H-pyrrole nitrogens is 1. The van der Waals surface area contributed by atoms with Gasteiger partial charge in [-0.2, -0.15) is 5.10 Å². The molecule has 0 radical (unpaired) electrons. The predicted molar refractivity (Wildman–Crippen MR) is 80.5 cm³/mol. The normalized spacial score (nSPS) is 19.3. The van der Waals surface area contributed by atoms with Gasteiger partial charge in [0.15, 0.2) is 0 Å². The Morgan fingerprint density at radius 1 is 1.19 bits per heavy atom. The van der Waals surface area contributed by atoms with E-state index in [1.165, 1.54) is 18.5 Å². The Kier molecular flexibility index (Phi) is 3.12. The van der Waals surface area contributed by atoms with Crippen molar-refractivity contribution >= 4 is 11.0 Å². The highest BCUT2D eigenvalue weighted by Crippen LogP contribution is 2.31. The summed E-state index contributed by atoms with van der Waals surface area (Å²) in [5, 5.41) is 7.17. The van der Waals surface area contributed by atoms with Crippen LogP contribution >= 0.6 is 0 Å². The van der Waals surface area contributed by atoms with Crippen LogP contribution in [-0.4, -0.2) is 31.6 Å². The number of hydrogen-bond acceptors (Lipinski definition) is 4. The zero-order valence-electron chi connectivity index (χ0n) is 11.7. The molecule has 0 spiro atoms. The average Bonchev–Trinajstić information content (AvgIpc) is 3.18. The number of para-hydroxylation sites is 2. The summed E-state index contributed by atoms with van der Waals surface area (Å²) >= 11 is 0. The van der Waals surface area contributed by atoms with Gasteiger partial charge in [0.25, 0.3) is 0 Å². The molecule has 5 heteroatoms. The van der Waals surface area contributed by atoms with Gasteiger partial charge in [0, 0.05) is 12.7 Å². The fourth-order valence-corrected chi connectivity index (χ4v) is 3.10. The van der Waals surface area contributed by atoms with Gasteiger partial charge in [-0.15, -0.1) is 0 Å². The van der Waals surface area contributed by atoms with Gasteiger partial charge in [-0.1, -0.05) is 12.1 Å². The van der Waals surface area contributed by atoms with Gasteiger partial charge in [0.1, 0.15) is 0 Å². The van der Waals surface area contributed by atoms with Gasteiger partial charge < -0.3 is 0 Å². The molecule has 0 aliphatic carbocycles. The number of benzene rings is 1. The number of nitrogens with zero attached hydrogens (tertiary/aromatic N) is 4. The second-order valence-electron chi connectivity index (χ2n) is 5.49. The molecule has 3 aromatic rings. The van der Waals surface area contributed by atoms with Crippen LogP contribution in [0.3, 0.4) is 0 Å². The van der Waals surface area contributed by atoms with Gasteiger partial charge in [0.05, 0.1) is 34.7 Å². The van der Waals surface area contributed by atoms with Crippen LogP contribution < -0.4 is 0 Å². The number of nitrogens with one attached hydrogen (secondary N) is 1. The summed E-state index contributed by atoms with van der Waals surface area (Å²) in [6.45, 7) is 1.93. The molecule has 1 aliphatic rings. The molecule has 0 amide bonds. The predicted octanol–water partition coefficient (Wildman–Crippen LogP) is 2.69. The largest absolute Gasteiger partial charge is 0.289 e. The second-order valence-corrected chi connectivity index (χ2v) is 5.49. The van der Waals surface area contributed by atoms with E-state index in [1.807, 2.05) is 36.7 Å². The Balaban J connectivity index is 1.59. The van der Waals surface area contributed by atoms with Crippen molar-refractivity contribution in [3.8, 4) is 0 Å². The first-order valence-corrected chi connectivity index (χ1v) is 7.34. The fraction of sp³-hybridized carbons (Fsp3) is 0.312. The third-order valence-corrected chi connectivity index (χ3v) is 4.11. The minimum atomic E-state index is 0.417. The van der Waals surface area contributed by atoms with Gasteiger partial charge in [0.2, 0.25) is 0 Å². The van der Waals surface area contributed by atoms with Crippen LogP contribution in [0.4, 0.5) is 0 Å². The van der Waals surface area contributed by atoms with E-state index >= 15 is 0 Å². The first-order valence-electron chi connectivity index (χ1n) is 7.34. The highest BCUT2D eigenvalue weighted by atomic mass is 15.2. The SMILES string of the molecule is c1ccc2nc(CN3CCC[C@H]3c3ccn[nH]3)cnc2c1. The van der Waals surface area contributed by atoms with E-state index in [2.05, 4.69) is 26.1 Å². The molecule has 1 atom stereocenters. The summed E-state index contributed by atoms with van der Waals surface area (Å²) < 4.78 is 0. The lowest BCUT2D eigenvalue weighted by Gasteiger charge is -2.22. The van der Waals surface area contributed by atoms with Crippen molar-refractivity contribution in [1.29, 1.82) is 0 Å². The molecular weight excluding hydrogens is 262 g/mol. The highest BCUT2D eigenvalue weighted by molar-refractivity contribution is 5.73. The monoisotopic (exact) mass is 279 g/mol. The van der Waals surface area contributed by atoms with Crippen LogP contribution in [0.25, 0.3) is 11.0 Å². The van der Waals surface area contributed by atoms with Gasteiger partial charge in [-0.05, 0) is 37.6 Å². The first kappa shape index (κ1) is 12.5. The third kappa shape index (κ3) is 2.40. The maximum Gasteiger partial charge on any atom is 0.0890 e. The van der Waals surface area contributed by atoms with Crippen molar-refractivity contribution < 1.29 is 0 Å². The molecule has 3 heterocycles.